The summed E-state index contributed by atoms with van der Waals surface area (Å²) in [6.07, 6.45) is -0.481. The van der Waals surface area contributed by atoms with Crippen LogP contribution in [-0.2, 0) is 10.2 Å². The highest BCUT2D eigenvalue weighted by atomic mass is 16.6. The van der Waals surface area contributed by atoms with Crippen LogP contribution in [0.15, 0.2) is 36.4 Å². The van der Waals surface area contributed by atoms with Crippen molar-refractivity contribution in [3.63, 3.8) is 0 Å². The number of nitrogen functional groups attached to an aromatic ring is 1. The van der Waals surface area contributed by atoms with E-state index in [0.717, 1.165) is 22.2 Å². The van der Waals surface area contributed by atoms with Gasteiger partial charge in [-0.05, 0) is 56.7 Å². The van der Waals surface area contributed by atoms with Gasteiger partial charge in [0.25, 0.3) is 0 Å². The van der Waals surface area contributed by atoms with E-state index in [2.05, 4.69) is 24.1 Å². The topological polar surface area (TPSA) is 106 Å². The van der Waals surface area contributed by atoms with Crippen LogP contribution in [0, 0.1) is 0 Å². The van der Waals surface area contributed by atoms with Crippen molar-refractivity contribution in [2.24, 2.45) is 0 Å². The second-order valence-corrected chi connectivity index (χ2v) is 9.62. The zero-order valence-corrected chi connectivity index (χ0v) is 19.1. The molecule has 0 aliphatic heterocycles. The number of aromatic amines is 1. The van der Waals surface area contributed by atoms with Gasteiger partial charge in [0.05, 0.1) is 12.1 Å². The van der Waals surface area contributed by atoms with Gasteiger partial charge in [-0.15, -0.1) is 0 Å². The maximum Gasteiger partial charge on any atom is 0.407 e. The highest BCUT2D eigenvalue weighted by Crippen LogP contribution is 2.44. The van der Waals surface area contributed by atoms with Crippen LogP contribution in [0.3, 0.4) is 0 Å². The van der Waals surface area contributed by atoms with Crippen molar-refractivity contribution in [1.82, 2.24) is 10.3 Å². The largest absolute Gasteiger partial charge is 0.492 e. The van der Waals surface area contributed by atoms with E-state index in [0.29, 0.717) is 29.1 Å². The van der Waals surface area contributed by atoms with Crippen LogP contribution in [0.2, 0.25) is 0 Å². The highest BCUT2D eigenvalue weighted by Gasteiger charge is 2.39. The second-order valence-electron chi connectivity index (χ2n) is 9.62. The van der Waals surface area contributed by atoms with Gasteiger partial charge in [0, 0.05) is 33.3 Å². The first kappa shape index (κ1) is 21.7. The Bertz CT molecular complexity index is 1220. The summed E-state index contributed by atoms with van der Waals surface area (Å²) in [5.74, 6) is 0.628. The molecule has 0 radical (unpaired) electrons. The minimum atomic E-state index is -0.547. The Hall–Kier alpha value is -3.48. The normalized spacial score (nSPS) is 14.6. The summed E-state index contributed by atoms with van der Waals surface area (Å²) >= 11 is 0. The van der Waals surface area contributed by atoms with Crippen molar-refractivity contribution < 1.29 is 19.1 Å². The third-order valence-corrected chi connectivity index (χ3v) is 5.62. The van der Waals surface area contributed by atoms with Crippen LogP contribution in [-0.4, -0.2) is 35.6 Å². The van der Waals surface area contributed by atoms with Gasteiger partial charge in [0.1, 0.15) is 18.0 Å². The number of H-pyrrole nitrogens is 1. The van der Waals surface area contributed by atoms with Crippen molar-refractivity contribution in [2.75, 3.05) is 18.9 Å². The van der Waals surface area contributed by atoms with E-state index >= 15 is 0 Å². The molecule has 3 aromatic rings. The summed E-state index contributed by atoms with van der Waals surface area (Å²) in [6, 6.07) is 11.1. The Morgan fingerprint density at radius 3 is 2.62 bits per heavy atom. The number of anilines is 1. The summed E-state index contributed by atoms with van der Waals surface area (Å²) in [5, 5.41) is 3.55. The van der Waals surface area contributed by atoms with Gasteiger partial charge in [-0.3, -0.25) is 4.79 Å². The number of fused-ring (bicyclic) bond motifs is 4. The molecule has 7 heteroatoms. The van der Waals surface area contributed by atoms with Gasteiger partial charge in [-0.25, -0.2) is 4.79 Å². The first-order valence-corrected chi connectivity index (χ1v) is 10.7. The maximum atomic E-state index is 13.4. The van der Waals surface area contributed by atoms with Crippen molar-refractivity contribution >= 4 is 28.5 Å². The number of aromatic nitrogens is 1. The average Bonchev–Trinajstić information content (AvgIpc) is 3.08. The first-order valence-electron chi connectivity index (χ1n) is 10.7. The van der Waals surface area contributed by atoms with E-state index < -0.39 is 17.1 Å². The Balaban J connectivity index is 1.54. The lowest BCUT2D eigenvalue weighted by atomic mass is 9.71. The highest BCUT2D eigenvalue weighted by molar-refractivity contribution is 6.20. The fourth-order valence-electron chi connectivity index (χ4n) is 4.15. The molecule has 1 heterocycles. The standard InChI is InChI=1S/C25H29N3O4/c1-24(2,3)32-23(30)27-10-11-31-15-7-9-16-18(13-15)25(4,5)22-20(21(16)29)17-8-6-14(26)12-19(17)28-22/h6-9,12-13,28H,10-11,26H2,1-5H3,(H,27,30). The molecule has 0 saturated carbocycles. The minimum Gasteiger partial charge on any atom is -0.492 e. The van der Waals surface area contributed by atoms with E-state index in [9.17, 15) is 9.59 Å². The van der Waals surface area contributed by atoms with E-state index in [1.807, 2.05) is 51.1 Å². The number of hydrogen-bond acceptors (Lipinski definition) is 5. The molecular weight excluding hydrogens is 406 g/mol. The molecule has 0 bridgehead atoms. The fourth-order valence-corrected chi connectivity index (χ4v) is 4.15. The molecular formula is C25H29N3O4. The van der Waals surface area contributed by atoms with Crippen LogP contribution < -0.4 is 15.8 Å². The van der Waals surface area contributed by atoms with E-state index in [-0.39, 0.29) is 12.4 Å². The van der Waals surface area contributed by atoms with Gasteiger partial charge in [0.2, 0.25) is 0 Å². The molecule has 1 aliphatic rings. The third-order valence-electron chi connectivity index (χ3n) is 5.62. The second kappa shape index (κ2) is 7.58. The summed E-state index contributed by atoms with van der Waals surface area (Å²) in [4.78, 5) is 28.5. The first-order chi connectivity index (χ1) is 15.0. The van der Waals surface area contributed by atoms with Crippen LogP contribution in [0.1, 0.15) is 61.8 Å². The smallest absolute Gasteiger partial charge is 0.407 e. The van der Waals surface area contributed by atoms with Crippen LogP contribution >= 0.6 is 0 Å². The van der Waals surface area contributed by atoms with Crippen LogP contribution in [0.25, 0.3) is 10.9 Å². The number of ether oxygens (including phenoxy) is 2. The molecule has 1 aromatic heterocycles. The minimum absolute atomic E-state index is 0.0107. The Kier molecular flexibility index (Phi) is 5.15. The van der Waals surface area contributed by atoms with Gasteiger partial charge < -0.3 is 25.5 Å². The molecule has 0 unspecified atom stereocenters. The molecule has 7 nitrogen and oxygen atoms in total. The predicted molar refractivity (Wildman–Crippen MR) is 124 cm³/mol. The molecule has 168 valence electrons. The number of nitrogens with two attached hydrogens (primary N) is 1. The van der Waals surface area contributed by atoms with Crippen LogP contribution in [0.4, 0.5) is 10.5 Å². The SMILES string of the molecule is CC(C)(C)OC(=O)NCCOc1ccc2c(c1)C(C)(C)c1[nH]c3cc(N)ccc3c1C2=O. The lowest BCUT2D eigenvalue weighted by Gasteiger charge is -2.32. The Morgan fingerprint density at radius 1 is 1.16 bits per heavy atom. The van der Waals surface area contributed by atoms with Gasteiger partial charge in [-0.1, -0.05) is 19.9 Å². The predicted octanol–water partition coefficient (Wildman–Crippen LogP) is 4.52. The summed E-state index contributed by atoms with van der Waals surface area (Å²) in [7, 11) is 0. The molecule has 4 rings (SSSR count). The Labute approximate surface area is 187 Å². The van der Waals surface area contributed by atoms with E-state index in [1.165, 1.54) is 0 Å². The average molecular weight is 436 g/mol. The molecule has 1 aliphatic carbocycles. The summed E-state index contributed by atoms with van der Waals surface area (Å²) in [5.41, 5.74) is 9.60. The third kappa shape index (κ3) is 3.90. The maximum absolute atomic E-state index is 13.4. The number of hydrogen-bond donors (Lipinski definition) is 3. The molecule has 1 amide bonds. The number of nitrogens with one attached hydrogen (secondary N) is 2. The van der Waals surface area contributed by atoms with Crippen molar-refractivity contribution in [3.05, 3.63) is 58.8 Å². The number of amides is 1. The van der Waals surface area contributed by atoms with Gasteiger partial charge in [-0.2, -0.15) is 0 Å². The lowest BCUT2D eigenvalue weighted by molar-refractivity contribution is 0.0520. The number of carbonyl (C=O) groups is 2. The lowest BCUT2D eigenvalue weighted by Crippen LogP contribution is -2.34. The van der Waals surface area contributed by atoms with Gasteiger partial charge >= 0.3 is 6.09 Å². The molecule has 2 aromatic carbocycles. The molecule has 0 spiro atoms. The fraction of sp³-hybridized carbons (Fsp3) is 0.360. The van der Waals surface area contributed by atoms with Crippen LogP contribution in [0.5, 0.6) is 5.75 Å². The quantitative estimate of drug-likeness (QED) is 0.412. The zero-order valence-electron chi connectivity index (χ0n) is 19.1. The molecule has 0 atom stereocenters. The van der Waals surface area contributed by atoms with E-state index in [1.54, 1.807) is 6.07 Å². The number of ketones is 1. The van der Waals surface area contributed by atoms with E-state index in [4.69, 9.17) is 15.2 Å². The number of benzene rings is 2. The van der Waals surface area contributed by atoms with Crippen molar-refractivity contribution in [1.29, 1.82) is 0 Å². The molecule has 0 fully saturated rings. The summed E-state index contributed by atoms with van der Waals surface area (Å²) in [6.45, 7) is 10.2. The van der Waals surface area contributed by atoms with Gasteiger partial charge in [0.15, 0.2) is 5.78 Å². The number of rotatable bonds is 4. The monoisotopic (exact) mass is 435 g/mol. The molecule has 0 saturated heterocycles. The number of carbonyl (C=O) groups excluding carboxylic acids is 2. The summed E-state index contributed by atoms with van der Waals surface area (Å²) < 4.78 is 11.1. The molecule has 4 N–H and O–H groups in total. The van der Waals surface area contributed by atoms with Crippen molar-refractivity contribution in [3.8, 4) is 5.75 Å². The van der Waals surface area contributed by atoms with Crippen molar-refractivity contribution in [2.45, 2.75) is 45.6 Å². The molecule has 32 heavy (non-hydrogen) atoms. The zero-order chi connectivity index (χ0) is 23.3. The Morgan fingerprint density at radius 2 is 1.91 bits per heavy atom. The number of alkyl carbamates (subject to hydrolysis) is 1.